The van der Waals surface area contributed by atoms with Crippen molar-refractivity contribution >= 4 is 41.7 Å². The summed E-state index contributed by atoms with van der Waals surface area (Å²) in [5.41, 5.74) is 0. The van der Waals surface area contributed by atoms with Gasteiger partial charge in [0, 0.05) is 9.65 Å². The zero-order chi connectivity index (χ0) is 9.64. The van der Waals surface area contributed by atoms with Crippen molar-refractivity contribution in [1.29, 1.82) is 0 Å². The molecule has 2 aliphatic rings. The highest BCUT2D eigenvalue weighted by Gasteiger charge is 2.48. The molecule has 0 radical (unpaired) electrons. The number of alkyl halides is 2. The van der Waals surface area contributed by atoms with Gasteiger partial charge >= 0.3 is 0 Å². The monoisotopic (exact) mass is 330 g/mol. The maximum atomic E-state index is 11.9. The van der Waals surface area contributed by atoms with E-state index in [1.807, 2.05) is 0 Å². The average molecular weight is 332 g/mol. The van der Waals surface area contributed by atoms with E-state index in [1.165, 1.54) is 0 Å². The van der Waals surface area contributed by atoms with Crippen LogP contribution in [0.4, 0.5) is 0 Å². The lowest BCUT2D eigenvalue weighted by Crippen LogP contribution is -2.31. The molecule has 0 saturated carbocycles. The molecule has 0 spiro atoms. The molecule has 2 heterocycles. The predicted molar refractivity (Wildman–Crippen MR) is 60.4 cm³/mol. The summed E-state index contributed by atoms with van der Waals surface area (Å²) in [5.74, 6) is 0. The minimum atomic E-state index is -2.82. The first-order chi connectivity index (χ1) is 6.03. The quantitative estimate of drug-likeness (QED) is 0.638. The fourth-order valence-corrected chi connectivity index (χ4v) is 7.02. The van der Waals surface area contributed by atoms with Gasteiger partial charge in [-0.2, -0.15) is 0 Å². The van der Waals surface area contributed by atoms with Crippen molar-refractivity contribution in [2.24, 2.45) is 0 Å². The fourth-order valence-electron chi connectivity index (χ4n) is 2.31. The van der Waals surface area contributed by atoms with Crippen molar-refractivity contribution in [2.75, 3.05) is 0 Å². The summed E-state index contributed by atoms with van der Waals surface area (Å²) in [6, 6.07) is 0. The van der Waals surface area contributed by atoms with Gasteiger partial charge in [-0.3, -0.25) is 0 Å². The van der Waals surface area contributed by atoms with Crippen molar-refractivity contribution in [3.8, 4) is 0 Å². The minimum Gasteiger partial charge on any atom is -0.228 e. The largest absolute Gasteiger partial charge is 0.228 e. The minimum absolute atomic E-state index is 0.0555. The van der Waals surface area contributed by atoms with Gasteiger partial charge in [0.25, 0.3) is 0 Å². The zero-order valence-corrected chi connectivity index (χ0v) is 11.1. The smallest absolute Gasteiger partial charge is 0.157 e. The van der Waals surface area contributed by atoms with Crippen LogP contribution < -0.4 is 0 Å². The van der Waals surface area contributed by atoms with Gasteiger partial charge in [-0.15, -0.1) is 0 Å². The highest BCUT2D eigenvalue weighted by atomic mass is 79.9. The van der Waals surface area contributed by atoms with Gasteiger partial charge in [0.05, 0.1) is 10.5 Å². The molecule has 5 heteroatoms. The van der Waals surface area contributed by atoms with Crippen molar-refractivity contribution in [3.63, 3.8) is 0 Å². The molecule has 2 rings (SSSR count). The lowest BCUT2D eigenvalue weighted by Gasteiger charge is -2.19. The molecule has 0 aromatic heterocycles. The van der Waals surface area contributed by atoms with Gasteiger partial charge in [-0.05, 0) is 25.7 Å². The second kappa shape index (κ2) is 3.49. The second-order valence-electron chi connectivity index (χ2n) is 3.86. The summed E-state index contributed by atoms with van der Waals surface area (Å²) in [6.45, 7) is 0. The first-order valence-electron chi connectivity index (χ1n) is 4.54. The highest BCUT2D eigenvalue weighted by Crippen LogP contribution is 2.41. The second-order valence-corrected chi connectivity index (χ2v) is 8.55. The van der Waals surface area contributed by atoms with Gasteiger partial charge in [0.1, 0.15) is 0 Å². The number of fused-ring (bicyclic) bond motifs is 2. The highest BCUT2D eigenvalue weighted by molar-refractivity contribution is 9.12. The molecule has 0 N–H and O–H groups in total. The van der Waals surface area contributed by atoms with Crippen molar-refractivity contribution in [3.05, 3.63) is 0 Å². The molecule has 0 unspecified atom stereocenters. The molecule has 2 saturated heterocycles. The van der Waals surface area contributed by atoms with Crippen LogP contribution in [0.2, 0.25) is 0 Å². The Morgan fingerprint density at radius 1 is 1.00 bits per heavy atom. The maximum absolute atomic E-state index is 11.9. The predicted octanol–water partition coefficient (Wildman–Crippen LogP) is 2.25. The van der Waals surface area contributed by atoms with Crippen LogP contribution in [0.15, 0.2) is 0 Å². The number of hydrogen-bond donors (Lipinski definition) is 0. The lowest BCUT2D eigenvalue weighted by molar-refractivity contribution is 0.579. The summed E-state index contributed by atoms with van der Waals surface area (Å²) < 4.78 is 23.8. The molecule has 4 atom stereocenters. The van der Waals surface area contributed by atoms with Crippen LogP contribution in [-0.2, 0) is 9.84 Å². The Labute approximate surface area is 95.6 Å². The number of halogens is 2. The van der Waals surface area contributed by atoms with E-state index in [0.29, 0.717) is 4.83 Å². The van der Waals surface area contributed by atoms with Crippen molar-refractivity contribution in [2.45, 2.75) is 45.8 Å². The van der Waals surface area contributed by atoms with Gasteiger partial charge in [-0.25, -0.2) is 8.42 Å². The molecule has 2 nitrogen and oxygen atoms in total. The van der Waals surface area contributed by atoms with E-state index >= 15 is 0 Å². The van der Waals surface area contributed by atoms with Crippen LogP contribution in [0.1, 0.15) is 25.7 Å². The third-order valence-electron chi connectivity index (χ3n) is 3.12. The number of sulfone groups is 1. The van der Waals surface area contributed by atoms with Crippen LogP contribution in [-0.4, -0.2) is 28.6 Å². The molecule has 0 aliphatic carbocycles. The lowest BCUT2D eigenvalue weighted by atomic mass is 10.0. The third-order valence-corrected chi connectivity index (χ3v) is 9.26. The Balaban J connectivity index is 2.37. The third kappa shape index (κ3) is 1.61. The molecule has 0 aromatic carbocycles. The van der Waals surface area contributed by atoms with E-state index in [4.69, 9.17) is 0 Å². The molecular formula is C8H12Br2O2S. The Morgan fingerprint density at radius 2 is 1.62 bits per heavy atom. The summed E-state index contributed by atoms with van der Waals surface area (Å²) in [5, 5.41) is -0.204. The molecule has 76 valence electrons. The Morgan fingerprint density at radius 3 is 2.31 bits per heavy atom. The van der Waals surface area contributed by atoms with E-state index in [1.54, 1.807) is 0 Å². The van der Waals surface area contributed by atoms with E-state index in [9.17, 15) is 8.42 Å². The summed E-state index contributed by atoms with van der Waals surface area (Å²) in [4.78, 5) is 0.419. The summed E-state index contributed by atoms with van der Waals surface area (Å²) in [7, 11) is -2.82. The van der Waals surface area contributed by atoms with Gasteiger partial charge < -0.3 is 0 Å². The van der Waals surface area contributed by atoms with Crippen LogP contribution >= 0.6 is 31.9 Å². The van der Waals surface area contributed by atoms with Crippen molar-refractivity contribution < 1.29 is 8.42 Å². The average Bonchev–Trinajstić information content (AvgIpc) is 2.30. The standard InChI is InChI=1S/C8H12Br2O2S/c9-6-3-1-5-2-4-7(8(6)10)13(5,11)12/h5-8H,1-4H2/t5-,6+,7+,8+/m0/s1. The Bertz CT molecular complexity index is 301. The molecular weight excluding hydrogens is 320 g/mol. The van der Waals surface area contributed by atoms with Crippen LogP contribution in [0.5, 0.6) is 0 Å². The number of rotatable bonds is 0. The van der Waals surface area contributed by atoms with Gasteiger partial charge in [-0.1, -0.05) is 31.9 Å². The molecule has 2 fully saturated rings. The summed E-state index contributed by atoms with van der Waals surface area (Å²) in [6.07, 6.45) is 3.51. The van der Waals surface area contributed by atoms with E-state index < -0.39 is 9.84 Å². The normalized spacial score (nSPS) is 48.8. The molecule has 2 aliphatic heterocycles. The molecule has 0 amide bonds. The first-order valence-corrected chi connectivity index (χ1v) is 7.98. The van der Waals surface area contributed by atoms with E-state index in [2.05, 4.69) is 31.9 Å². The van der Waals surface area contributed by atoms with E-state index in [-0.39, 0.29) is 15.3 Å². The van der Waals surface area contributed by atoms with E-state index in [0.717, 1.165) is 25.7 Å². The summed E-state index contributed by atoms with van der Waals surface area (Å²) >= 11 is 7.05. The number of hydrogen-bond acceptors (Lipinski definition) is 2. The van der Waals surface area contributed by atoms with Gasteiger partial charge in [0.15, 0.2) is 9.84 Å². The van der Waals surface area contributed by atoms with Crippen molar-refractivity contribution in [1.82, 2.24) is 0 Å². The van der Waals surface area contributed by atoms with Crippen LogP contribution in [0.25, 0.3) is 0 Å². The Kier molecular flexibility index (Phi) is 2.80. The molecule has 0 aromatic rings. The Hall–Kier alpha value is 0.910. The van der Waals surface area contributed by atoms with Crippen LogP contribution in [0.3, 0.4) is 0 Å². The van der Waals surface area contributed by atoms with Gasteiger partial charge in [0.2, 0.25) is 0 Å². The molecule has 2 bridgehead atoms. The fraction of sp³-hybridized carbons (Fsp3) is 1.00. The van der Waals surface area contributed by atoms with Crippen LogP contribution in [0, 0.1) is 0 Å². The SMILES string of the molecule is O=S1(=O)[C@H]2CC[C@@H](Br)[C@@H](Br)[C@H]1CC2. The maximum Gasteiger partial charge on any atom is 0.157 e. The molecule has 13 heavy (non-hydrogen) atoms. The zero-order valence-electron chi connectivity index (χ0n) is 7.12. The topological polar surface area (TPSA) is 34.1 Å². The first kappa shape index (κ1) is 10.4.